The summed E-state index contributed by atoms with van der Waals surface area (Å²) in [5.41, 5.74) is 1.96. The summed E-state index contributed by atoms with van der Waals surface area (Å²) in [6, 6.07) is 18.6. The molecule has 0 radical (unpaired) electrons. The molecule has 0 aromatic heterocycles. The highest BCUT2D eigenvalue weighted by Crippen LogP contribution is 2.21. The predicted octanol–water partition coefficient (Wildman–Crippen LogP) is 3.64. The summed E-state index contributed by atoms with van der Waals surface area (Å²) in [5.74, 6) is -0.343. The van der Waals surface area contributed by atoms with Gasteiger partial charge in [-0.15, -0.1) is 11.8 Å². The number of hydrogen-bond acceptors (Lipinski definition) is 3. The van der Waals surface area contributed by atoms with Crippen LogP contribution in [0.4, 0.5) is 0 Å². The van der Waals surface area contributed by atoms with Gasteiger partial charge in [0.25, 0.3) is 0 Å². The fourth-order valence-corrected chi connectivity index (χ4v) is 3.13. The molecule has 0 fully saturated rings. The number of thioether (sulfide) groups is 1. The molecule has 2 N–H and O–H groups in total. The smallest absolute Gasteiger partial charge is 0.305 e. The van der Waals surface area contributed by atoms with E-state index in [0.717, 1.165) is 16.9 Å². The van der Waals surface area contributed by atoms with Gasteiger partial charge in [0.2, 0.25) is 5.91 Å². The molecule has 2 atom stereocenters. The molecule has 0 aliphatic heterocycles. The molecule has 0 aliphatic rings. The lowest BCUT2D eigenvalue weighted by Crippen LogP contribution is -2.35. The maximum atomic E-state index is 12.4. The molecule has 0 saturated heterocycles. The zero-order chi connectivity index (χ0) is 17.4. The highest BCUT2D eigenvalue weighted by molar-refractivity contribution is 7.99. The Morgan fingerprint density at radius 1 is 1.04 bits per heavy atom. The van der Waals surface area contributed by atoms with Gasteiger partial charge in [0.1, 0.15) is 0 Å². The number of carboxylic acids is 1. The third kappa shape index (κ3) is 5.74. The molecule has 0 heterocycles. The van der Waals surface area contributed by atoms with E-state index in [0.29, 0.717) is 0 Å². The maximum Gasteiger partial charge on any atom is 0.305 e. The summed E-state index contributed by atoms with van der Waals surface area (Å²) in [5, 5.41) is 11.7. The summed E-state index contributed by atoms with van der Waals surface area (Å²) >= 11 is 1.53. The SMILES string of the molecule is CC(SCc1ccccc1)C(=O)NC(CC(=O)O)c1ccccc1. The van der Waals surface area contributed by atoms with Crippen LogP contribution in [-0.4, -0.2) is 22.2 Å². The van der Waals surface area contributed by atoms with Crippen LogP contribution in [0.25, 0.3) is 0 Å². The number of aliphatic carboxylic acids is 1. The Kier molecular flexibility index (Phi) is 6.88. The van der Waals surface area contributed by atoms with Crippen molar-refractivity contribution in [2.24, 2.45) is 0 Å². The van der Waals surface area contributed by atoms with Crippen molar-refractivity contribution in [2.45, 2.75) is 30.4 Å². The minimum atomic E-state index is -0.936. The van der Waals surface area contributed by atoms with Crippen molar-refractivity contribution in [1.82, 2.24) is 5.32 Å². The number of carboxylic acid groups (broad SMARTS) is 1. The number of rotatable bonds is 8. The summed E-state index contributed by atoms with van der Waals surface area (Å²) in [7, 11) is 0. The molecule has 2 unspecified atom stereocenters. The first-order chi connectivity index (χ1) is 11.6. The normalized spacial score (nSPS) is 13.0. The van der Waals surface area contributed by atoms with Crippen LogP contribution in [0.3, 0.4) is 0 Å². The molecule has 2 rings (SSSR count). The molecule has 0 bridgehead atoms. The first-order valence-electron chi connectivity index (χ1n) is 7.79. The van der Waals surface area contributed by atoms with Crippen molar-refractivity contribution in [3.8, 4) is 0 Å². The van der Waals surface area contributed by atoms with Crippen LogP contribution in [0.2, 0.25) is 0 Å². The Morgan fingerprint density at radius 2 is 1.62 bits per heavy atom. The van der Waals surface area contributed by atoms with Gasteiger partial charge in [-0.2, -0.15) is 0 Å². The second kappa shape index (κ2) is 9.13. The van der Waals surface area contributed by atoms with E-state index < -0.39 is 12.0 Å². The van der Waals surface area contributed by atoms with Gasteiger partial charge in [0, 0.05) is 5.75 Å². The fourth-order valence-electron chi connectivity index (χ4n) is 2.27. The van der Waals surface area contributed by atoms with Crippen LogP contribution in [0.15, 0.2) is 60.7 Å². The molecule has 2 aromatic carbocycles. The van der Waals surface area contributed by atoms with Crippen LogP contribution < -0.4 is 5.32 Å². The maximum absolute atomic E-state index is 12.4. The first kappa shape index (κ1) is 18.1. The largest absolute Gasteiger partial charge is 0.481 e. The Balaban J connectivity index is 1.95. The average Bonchev–Trinajstić information content (AvgIpc) is 2.60. The van der Waals surface area contributed by atoms with E-state index in [4.69, 9.17) is 5.11 Å². The van der Waals surface area contributed by atoms with Crippen LogP contribution in [-0.2, 0) is 15.3 Å². The molecular weight excluding hydrogens is 322 g/mol. The van der Waals surface area contributed by atoms with Crippen LogP contribution in [0.5, 0.6) is 0 Å². The Bertz CT molecular complexity index is 661. The second-order valence-corrected chi connectivity index (χ2v) is 6.84. The lowest BCUT2D eigenvalue weighted by Gasteiger charge is -2.20. The van der Waals surface area contributed by atoms with Crippen molar-refractivity contribution >= 4 is 23.6 Å². The van der Waals surface area contributed by atoms with Gasteiger partial charge in [-0.1, -0.05) is 60.7 Å². The molecule has 0 spiro atoms. The molecule has 5 heteroatoms. The van der Waals surface area contributed by atoms with Crippen LogP contribution >= 0.6 is 11.8 Å². The monoisotopic (exact) mass is 343 g/mol. The van der Waals surface area contributed by atoms with E-state index in [9.17, 15) is 9.59 Å². The molecule has 0 saturated carbocycles. The van der Waals surface area contributed by atoms with Crippen LogP contribution in [0.1, 0.15) is 30.5 Å². The number of carbonyl (C=O) groups excluding carboxylic acids is 1. The minimum absolute atomic E-state index is 0.133. The zero-order valence-electron chi connectivity index (χ0n) is 13.5. The third-order valence-electron chi connectivity index (χ3n) is 3.61. The molecular formula is C19H21NO3S. The van der Waals surface area contributed by atoms with E-state index in [1.165, 1.54) is 11.8 Å². The van der Waals surface area contributed by atoms with Gasteiger partial charge in [-0.3, -0.25) is 9.59 Å². The van der Waals surface area contributed by atoms with E-state index in [2.05, 4.69) is 5.32 Å². The van der Waals surface area contributed by atoms with Crippen molar-refractivity contribution in [1.29, 1.82) is 0 Å². The Labute approximate surface area is 146 Å². The second-order valence-electron chi connectivity index (χ2n) is 5.51. The molecule has 1 amide bonds. The van der Waals surface area contributed by atoms with Crippen molar-refractivity contribution in [3.63, 3.8) is 0 Å². The topological polar surface area (TPSA) is 66.4 Å². The predicted molar refractivity (Wildman–Crippen MR) is 96.8 cm³/mol. The molecule has 0 aliphatic carbocycles. The average molecular weight is 343 g/mol. The van der Waals surface area contributed by atoms with E-state index in [-0.39, 0.29) is 17.6 Å². The van der Waals surface area contributed by atoms with E-state index in [1.807, 2.05) is 67.6 Å². The molecule has 24 heavy (non-hydrogen) atoms. The van der Waals surface area contributed by atoms with Crippen molar-refractivity contribution in [2.75, 3.05) is 0 Å². The lowest BCUT2D eigenvalue weighted by molar-refractivity contribution is -0.137. The molecule has 2 aromatic rings. The quantitative estimate of drug-likeness (QED) is 0.768. The standard InChI is InChI=1S/C19H21NO3S/c1-14(24-13-15-8-4-2-5-9-15)19(23)20-17(12-18(21)22)16-10-6-3-7-11-16/h2-11,14,17H,12-13H2,1H3,(H,20,23)(H,21,22). The third-order valence-corrected chi connectivity index (χ3v) is 4.82. The summed E-state index contributed by atoms with van der Waals surface area (Å²) in [6.07, 6.45) is -0.133. The van der Waals surface area contributed by atoms with Gasteiger partial charge >= 0.3 is 5.97 Å². The van der Waals surface area contributed by atoms with Crippen molar-refractivity contribution in [3.05, 3.63) is 71.8 Å². The highest BCUT2D eigenvalue weighted by atomic mass is 32.2. The van der Waals surface area contributed by atoms with Gasteiger partial charge < -0.3 is 10.4 Å². The van der Waals surface area contributed by atoms with E-state index >= 15 is 0 Å². The molecule has 4 nitrogen and oxygen atoms in total. The van der Waals surface area contributed by atoms with Gasteiger partial charge in [-0.05, 0) is 18.1 Å². The molecule has 126 valence electrons. The summed E-state index contributed by atoms with van der Waals surface area (Å²) < 4.78 is 0. The number of hydrogen-bond donors (Lipinski definition) is 2. The number of amides is 1. The highest BCUT2D eigenvalue weighted by Gasteiger charge is 2.21. The number of benzene rings is 2. The first-order valence-corrected chi connectivity index (χ1v) is 8.84. The van der Waals surface area contributed by atoms with Crippen LogP contribution in [0, 0.1) is 0 Å². The van der Waals surface area contributed by atoms with Crippen molar-refractivity contribution < 1.29 is 14.7 Å². The summed E-state index contributed by atoms with van der Waals surface area (Å²) in [4.78, 5) is 23.5. The summed E-state index contributed by atoms with van der Waals surface area (Å²) in [6.45, 7) is 1.84. The van der Waals surface area contributed by atoms with Gasteiger partial charge in [-0.25, -0.2) is 0 Å². The number of carbonyl (C=O) groups is 2. The fraction of sp³-hybridized carbons (Fsp3) is 0.263. The van der Waals surface area contributed by atoms with E-state index in [1.54, 1.807) is 0 Å². The Hall–Kier alpha value is -2.27. The van der Waals surface area contributed by atoms with Gasteiger partial charge in [0.15, 0.2) is 0 Å². The Morgan fingerprint density at radius 3 is 2.21 bits per heavy atom. The minimum Gasteiger partial charge on any atom is -0.481 e. The number of nitrogens with one attached hydrogen (secondary N) is 1. The lowest BCUT2D eigenvalue weighted by atomic mass is 10.0. The zero-order valence-corrected chi connectivity index (χ0v) is 14.3. The van der Waals surface area contributed by atoms with Gasteiger partial charge in [0.05, 0.1) is 17.7 Å².